The zero-order chi connectivity index (χ0) is 18.0. The fraction of sp³-hybridized carbons (Fsp3) is 0.238. The van der Waals surface area contributed by atoms with E-state index in [1.54, 1.807) is 0 Å². The monoisotopic (exact) mass is 331 g/mol. The predicted octanol–water partition coefficient (Wildman–Crippen LogP) is 4.76. The maximum absolute atomic E-state index is 9.61. The van der Waals surface area contributed by atoms with Crippen molar-refractivity contribution in [1.82, 2.24) is 10.2 Å². The smallest absolute Gasteiger partial charge is 0.131 e. The topological polar surface area (TPSA) is 61.7 Å². The average Bonchev–Trinajstić information content (AvgIpc) is 3.02. The maximum atomic E-state index is 9.61. The SMILES string of the molecule is Cc1ccccc1-c1n[nH]c(COc2ccc(C)c(C)c2C)c1C#N. The Balaban J connectivity index is 1.89. The number of nitrogens with zero attached hydrogens (tertiary/aromatic N) is 2. The van der Waals surface area contributed by atoms with Crippen molar-refractivity contribution < 1.29 is 4.74 Å². The van der Waals surface area contributed by atoms with Gasteiger partial charge in [-0.3, -0.25) is 5.10 Å². The standard InChI is InChI=1S/C21H21N3O/c1-13-9-10-20(16(4)15(13)3)25-12-19-18(11-22)21(24-23-19)17-8-6-5-7-14(17)2/h5-10H,12H2,1-4H3,(H,23,24). The second-order valence-corrected chi connectivity index (χ2v) is 6.27. The minimum atomic E-state index is 0.283. The lowest BCUT2D eigenvalue weighted by Crippen LogP contribution is -2.01. The van der Waals surface area contributed by atoms with Crippen molar-refractivity contribution in [3.8, 4) is 23.1 Å². The van der Waals surface area contributed by atoms with E-state index in [9.17, 15) is 5.26 Å². The summed E-state index contributed by atoms with van der Waals surface area (Å²) in [6, 6.07) is 14.2. The van der Waals surface area contributed by atoms with Crippen LogP contribution in [0.5, 0.6) is 5.75 Å². The molecule has 0 bridgehead atoms. The summed E-state index contributed by atoms with van der Waals surface area (Å²) in [6.45, 7) is 8.52. The third kappa shape index (κ3) is 3.14. The second kappa shape index (κ2) is 6.82. The minimum Gasteiger partial charge on any atom is -0.487 e. The van der Waals surface area contributed by atoms with E-state index in [-0.39, 0.29) is 6.61 Å². The van der Waals surface area contributed by atoms with E-state index < -0.39 is 0 Å². The molecule has 0 aliphatic carbocycles. The van der Waals surface area contributed by atoms with Crippen LogP contribution in [0.4, 0.5) is 0 Å². The van der Waals surface area contributed by atoms with Gasteiger partial charge in [0.05, 0.1) is 5.69 Å². The lowest BCUT2D eigenvalue weighted by atomic mass is 10.0. The fourth-order valence-corrected chi connectivity index (χ4v) is 2.87. The first-order chi connectivity index (χ1) is 12.0. The van der Waals surface area contributed by atoms with Crippen LogP contribution in [0.25, 0.3) is 11.3 Å². The van der Waals surface area contributed by atoms with Gasteiger partial charge >= 0.3 is 0 Å². The van der Waals surface area contributed by atoms with Crippen LogP contribution >= 0.6 is 0 Å². The molecule has 0 saturated heterocycles. The van der Waals surface area contributed by atoms with Crippen molar-refractivity contribution in [3.05, 3.63) is 69.9 Å². The number of hydrogen-bond acceptors (Lipinski definition) is 3. The van der Waals surface area contributed by atoms with Gasteiger partial charge in [-0.1, -0.05) is 30.3 Å². The Kier molecular flexibility index (Phi) is 4.58. The predicted molar refractivity (Wildman–Crippen MR) is 98.5 cm³/mol. The fourth-order valence-electron chi connectivity index (χ4n) is 2.87. The van der Waals surface area contributed by atoms with Crippen molar-refractivity contribution in [2.75, 3.05) is 0 Å². The number of ether oxygens (including phenoxy) is 1. The Labute approximate surface area is 148 Å². The van der Waals surface area contributed by atoms with Crippen molar-refractivity contribution >= 4 is 0 Å². The number of aryl methyl sites for hydroxylation is 2. The van der Waals surface area contributed by atoms with Gasteiger partial charge in [0, 0.05) is 5.56 Å². The van der Waals surface area contributed by atoms with Crippen molar-refractivity contribution in [1.29, 1.82) is 5.26 Å². The summed E-state index contributed by atoms with van der Waals surface area (Å²) in [6.07, 6.45) is 0. The summed E-state index contributed by atoms with van der Waals surface area (Å²) in [4.78, 5) is 0. The third-order valence-electron chi connectivity index (χ3n) is 4.73. The highest BCUT2D eigenvalue weighted by atomic mass is 16.5. The highest BCUT2D eigenvalue weighted by Crippen LogP contribution is 2.28. The van der Waals surface area contributed by atoms with E-state index in [4.69, 9.17) is 4.74 Å². The quantitative estimate of drug-likeness (QED) is 0.749. The van der Waals surface area contributed by atoms with Crippen molar-refractivity contribution in [2.45, 2.75) is 34.3 Å². The largest absolute Gasteiger partial charge is 0.487 e. The number of nitrogens with one attached hydrogen (secondary N) is 1. The molecule has 0 aliphatic rings. The third-order valence-corrected chi connectivity index (χ3v) is 4.73. The van der Waals surface area contributed by atoms with Gasteiger partial charge in [0.25, 0.3) is 0 Å². The highest BCUT2D eigenvalue weighted by Gasteiger charge is 2.17. The van der Waals surface area contributed by atoms with Crippen LogP contribution in [0.15, 0.2) is 36.4 Å². The summed E-state index contributed by atoms with van der Waals surface area (Å²) < 4.78 is 5.96. The van der Waals surface area contributed by atoms with Gasteiger partial charge in [0.2, 0.25) is 0 Å². The van der Waals surface area contributed by atoms with E-state index in [1.807, 2.05) is 37.3 Å². The molecule has 0 radical (unpaired) electrons. The van der Waals surface area contributed by atoms with Gasteiger partial charge in [-0.15, -0.1) is 0 Å². The van der Waals surface area contributed by atoms with Crippen LogP contribution in [0, 0.1) is 39.0 Å². The maximum Gasteiger partial charge on any atom is 0.131 e. The first kappa shape index (κ1) is 16.8. The summed E-state index contributed by atoms with van der Waals surface area (Å²) in [5, 5.41) is 16.9. The average molecular weight is 331 g/mol. The van der Waals surface area contributed by atoms with E-state index in [2.05, 4.69) is 43.1 Å². The number of nitriles is 1. The van der Waals surface area contributed by atoms with Crippen molar-refractivity contribution in [3.63, 3.8) is 0 Å². The molecule has 3 rings (SSSR count). The molecule has 2 aromatic carbocycles. The first-order valence-electron chi connectivity index (χ1n) is 8.26. The molecule has 0 spiro atoms. The molecule has 0 saturated carbocycles. The van der Waals surface area contributed by atoms with Crippen LogP contribution in [-0.4, -0.2) is 10.2 Å². The Morgan fingerprint density at radius 3 is 2.48 bits per heavy atom. The summed E-state index contributed by atoms with van der Waals surface area (Å²) in [5.74, 6) is 0.832. The molecule has 0 unspecified atom stereocenters. The van der Waals surface area contributed by atoms with Crippen LogP contribution in [0.3, 0.4) is 0 Å². The summed E-state index contributed by atoms with van der Waals surface area (Å²) in [7, 11) is 0. The zero-order valence-corrected chi connectivity index (χ0v) is 15.0. The molecule has 1 aromatic heterocycles. The van der Waals surface area contributed by atoms with Gasteiger partial charge in [0.15, 0.2) is 0 Å². The van der Waals surface area contributed by atoms with Crippen LogP contribution < -0.4 is 4.74 Å². The molecule has 1 heterocycles. The molecule has 0 aliphatic heterocycles. The molecule has 126 valence electrons. The number of hydrogen-bond donors (Lipinski definition) is 1. The van der Waals surface area contributed by atoms with E-state index in [0.29, 0.717) is 17.0 Å². The highest BCUT2D eigenvalue weighted by molar-refractivity contribution is 5.70. The number of aromatic amines is 1. The van der Waals surface area contributed by atoms with Gasteiger partial charge in [0.1, 0.15) is 29.7 Å². The second-order valence-electron chi connectivity index (χ2n) is 6.27. The van der Waals surface area contributed by atoms with Gasteiger partial charge in [-0.2, -0.15) is 10.4 Å². The Hall–Kier alpha value is -3.06. The molecule has 0 fully saturated rings. The Bertz CT molecular complexity index is 964. The van der Waals surface area contributed by atoms with Gasteiger partial charge in [-0.05, 0) is 56.0 Å². The van der Waals surface area contributed by atoms with Crippen LogP contribution in [-0.2, 0) is 6.61 Å². The number of benzene rings is 2. The lowest BCUT2D eigenvalue weighted by molar-refractivity contribution is 0.298. The molecular formula is C21H21N3O. The normalized spacial score (nSPS) is 10.5. The molecule has 4 heteroatoms. The van der Waals surface area contributed by atoms with Gasteiger partial charge in [-0.25, -0.2) is 0 Å². The van der Waals surface area contributed by atoms with E-state index in [1.165, 1.54) is 11.1 Å². The van der Waals surface area contributed by atoms with E-state index >= 15 is 0 Å². The molecule has 3 aromatic rings. The lowest BCUT2D eigenvalue weighted by Gasteiger charge is -2.12. The Morgan fingerprint density at radius 1 is 1.00 bits per heavy atom. The molecule has 0 amide bonds. The Morgan fingerprint density at radius 2 is 1.76 bits per heavy atom. The number of aromatic nitrogens is 2. The molecule has 0 atom stereocenters. The minimum absolute atomic E-state index is 0.283. The van der Waals surface area contributed by atoms with Crippen LogP contribution in [0.2, 0.25) is 0 Å². The molecule has 1 N–H and O–H groups in total. The molecular weight excluding hydrogens is 310 g/mol. The summed E-state index contributed by atoms with van der Waals surface area (Å²) >= 11 is 0. The first-order valence-corrected chi connectivity index (χ1v) is 8.26. The number of H-pyrrole nitrogens is 1. The zero-order valence-electron chi connectivity index (χ0n) is 15.0. The van der Waals surface area contributed by atoms with Gasteiger partial charge < -0.3 is 4.74 Å². The number of rotatable bonds is 4. The van der Waals surface area contributed by atoms with Crippen LogP contribution in [0.1, 0.15) is 33.5 Å². The molecule has 4 nitrogen and oxygen atoms in total. The molecule has 25 heavy (non-hydrogen) atoms. The van der Waals surface area contributed by atoms with Crippen molar-refractivity contribution in [2.24, 2.45) is 0 Å². The summed E-state index contributed by atoms with van der Waals surface area (Å²) in [5.41, 5.74) is 7.54. The van der Waals surface area contributed by atoms with E-state index in [0.717, 1.165) is 22.4 Å².